The zero-order valence-corrected chi connectivity index (χ0v) is 21.1. The molecule has 0 aliphatic heterocycles. The predicted molar refractivity (Wildman–Crippen MR) is 141 cm³/mol. The van der Waals surface area contributed by atoms with Crippen LogP contribution in [0.1, 0.15) is 21.5 Å². The van der Waals surface area contributed by atoms with Crippen molar-refractivity contribution in [3.8, 4) is 17.2 Å². The lowest BCUT2D eigenvalue weighted by molar-refractivity contribution is 0.0955. The van der Waals surface area contributed by atoms with Gasteiger partial charge in [-0.2, -0.15) is 5.10 Å². The number of hydrazone groups is 1. The molecule has 1 amide bonds. The predicted octanol–water partition coefficient (Wildman–Crippen LogP) is 4.04. The number of hydrogen-bond acceptors (Lipinski definition) is 7. The van der Waals surface area contributed by atoms with E-state index in [-0.39, 0.29) is 29.0 Å². The van der Waals surface area contributed by atoms with Gasteiger partial charge in [-0.15, -0.1) is 0 Å². The number of aliphatic hydroxyl groups is 1. The first kappa shape index (κ1) is 27.3. The number of hydrogen-bond donors (Lipinski definition) is 4. The summed E-state index contributed by atoms with van der Waals surface area (Å²) < 4.78 is 11.2. The number of aliphatic hydroxyl groups excluding tert-OH is 1. The fraction of sp³-hybridized carbons (Fsp3) is 0.231. The Morgan fingerprint density at radius 3 is 2.58 bits per heavy atom. The number of rotatable bonds is 12. The number of nitrogens with zero attached hydrogens (tertiary/aromatic N) is 1. The summed E-state index contributed by atoms with van der Waals surface area (Å²) in [7, 11) is 1.53. The molecule has 0 spiro atoms. The molecular weight excluding hydrogens is 505 g/mol. The van der Waals surface area contributed by atoms with E-state index >= 15 is 0 Å². The highest BCUT2D eigenvalue weighted by molar-refractivity contribution is 6.32. The third-order valence-corrected chi connectivity index (χ3v) is 5.76. The van der Waals surface area contributed by atoms with Crippen molar-refractivity contribution in [3.05, 3.63) is 87.4 Å². The molecule has 0 bridgehead atoms. The molecule has 0 saturated carbocycles. The molecule has 0 aromatic heterocycles. The van der Waals surface area contributed by atoms with E-state index in [4.69, 9.17) is 32.7 Å². The summed E-state index contributed by atoms with van der Waals surface area (Å²) >= 11 is 11.8. The van der Waals surface area contributed by atoms with Crippen molar-refractivity contribution in [2.45, 2.75) is 12.5 Å². The van der Waals surface area contributed by atoms with E-state index < -0.39 is 5.91 Å². The van der Waals surface area contributed by atoms with E-state index in [1.807, 2.05) is 24.3 Å². The molecule has 0 fully saturated rings. The molecule has 3 rings (SSSR count). The molecular formula is C26H27Cl2N3O5. The van der Waals surface area contributed by atoms with Gasteiger partial charge >= 0.3 is 0 Å². The minimum atomic E-state index is -0.475. The van der Waals surface area contributed by atoms with E-state index in [9.17, 15) is 15.0 Å². The Balaban J connectivity index is 1.48. The molecule has 1 unspecified atom stereocenters. The van der Waals surface area contributed by atoms with Crippen molar-refractivity contribution >= 4 is 35.3 Å². The fourth-order valence-electron chi connectivity index (χ4n) is 3.30. The van der Waals surface area contributed by atoms with Crippen molar-refractivity contribution in [3.63, 3.8) is 0 Å². The molecule has 190 valence electrons. The van der Waals surface area contributed by atoms with Crippen LogP contribution in [0, 0.1) is 0 Å². The van der Waals surface area contributed by atoms with Gasteiger partial charge in [0.2, 0.25) is 0 Å². The zero-order valence-electron chi connectivity index (χ0n) is 19.6. The van der Waals surface area contributed by atoms with Gasteiger partial charge in [0.15, 0.2) is 0 Å². The molecule has 3 aromatic carbocycles. The number of ether oxygens (including phenoxy) is 2. The van der Waals surface area contributed by atoms with Crippen LogP contribution in [0.2, 0.25) is 10.0 Å². The highest BCUT2D eigenvalue weighted by Crippen LogP contribution is 2.24. The second-order valence-corrected chi connectivity index (χ2v) is 8.63. The Hall–Kier alpha value is -3.30. The molecule has 0 aliphatic rings. The van der Waals surface area contributed by atoms with Crippen molar-refractivity contribution in [1.29, 1.82) is 0 Å². The maximum atomic E-state index is 12.2. The highest BCUT2D eigenvalue weighted by atomic mass is 35.5. The molecule has 3 aromatic rings. The lowest BCUT2D eigenvalue weighted by Crippen LogP contribution is -2.37. The Kier molecular flexibility index (Phi) is 10.4. The Morgan fingerprint density at radius 2 is 1.89 bits per heavy atom. The molecule has 0 saturated heterocycles. The van der Waals surface area contributed by atoms with E-state index in [0.29, 0.717) is 41.7 Å². The van der Waals surface area contributed by atoms with E-state index in [0.717, 1.165) is 5.56 Å². The van der Waals surface area contributed by atoms with Crippen molar-refractivity contribution < 1.29 is 24.5 Å². The number of methoxy groups -OCH3 is 1. The summed E-state index contributed by atoms with van der Waals surface area (Å²) in [5, 5.41) is 27.1. The second kappa shape index (κ2) is 13.7. The maximum Gasteiger partial charge on any atom is 0.271 e. The molecule has 36 heavy (non-hydrogen) atoms. The van der Waals surface area contributed by atoms with Crippen LogP contribution in [0.3, 0.4) is 0 Å². The smallest absolute Gasteiger partial charge is 0.271 e. The number of nitrogens with one attached hydrogen (secondary N) is 2. The summed E-state index contributed by atoms with van der Waals surface area (Å²) in [5.74, 6) is 0.538. The summed E-state index contributed by atoms with van der Waals surface area (Å²) in [5.41, 5.74) is 4.38. The SMILES string of the molecule is COc1cc(OCCNC(CO)Cc2ccc(Cl)cc2)ccc1/C=N/NC(=O)c1ccc(O)c(Cl)c1. The number of halogens is 2. The molecule has 1 atom stereocenters. The summed E-state index contributed by atoms with van der Waals surface area (Å²) in [6.07, 6.45) is 2.12. The van der Waals surface area contributed by atoms with Crippen LogP contribution in [-0.2, 0) is 6.42 Å². The van der Waals surface area contributed by atoms with Gasteiger partial charge in [0.1, 0.15) is 23.9 Å². The number of carbonyl (C=O) groups excluding carboxylic acids is 1. The minimum Gasteiger partial charge on any atom is -0.506 e. The number of carbonyl (C=O) groups is 1. The van der Waals surface area contributed by atoms with Gasteiger partial charge in [0, 0.05) is 34.8 Å². The van der Waals surface area contributed by atoms with Crippen LogP contribution in [0.5, 0.6) is 17.2 Å². The van der Waals surface area contributed by atoms with Crippen molar-refractivity contribution in [2.24, 2.45) is 5.10 Å². The van der Waals surface area contributed by atoms with E-state index in [1.54, 1.807) is 18.2 Å². The van der Waals surface area contributed by atoms with E-state index in [1.165, 1.54) is 31.5 Å². The molecule has 4 N–H and O–H groups in total. The van der Waals surface area contributed by atoms with Gasteiger partial charge in [-0.25, -0.2) is 5.43 Å². The van der Waals surface area contributed by atoms with Crippen LogP contribution in [0.15, 0.2) is 65.8 Å². The highest BCUT2D eigenvalue weighted by Gasteiger charge is 2.10. The molecule has 0 radical (unpaired) electrons. The number of phenolic OH excluding ortho intramolecular Hbond substituents is 1. The average molecular weight is 532 g/mol. The molecule has 8 nitrogen and oxygen atoms in total. The number of benzene rings is 3. The quantitative estimate of drug-likeness (QED) is 0.159. The first-order valence-electron chi connectivity index (χ1n) is 11.1. The summed E-state index contributed by atoms with van der Waals surface area (Å²) in [6.45, 7) is 0.928. The Bertz CT molecular complexity index is 1190. The molecule has 0 heterocycles. The van der Waals surface area contributed by atoms with Gasteiger partial charge in [-0.05, 0) is 54.4 Å². The van der Waals surface area contributed by atoms with Gasteiger partial charge in [-0.1, -0.05) is 35.3 Å². The van der Waals surface area contributed by atoms with E-state index in [2.05, 4.69) is 15.8 Å². The number of aromatic hydroxyl groups is 1. The van der Waals surface area contributed by atoms with Gasteiger partial charge in [0.05, 0.1) is 25.0 Å². The van der Waals surface area contributed by atoms with Crippen LogP contribution in [0.4, 0.5) is 0 Å². The Morgan fingerprint density at radius 1 is 1.11 bits per heavy atom. The lowest BCUT2D eigenvalue weighted by atomic mass is 10.1. The number of phenols is 1. The van der Waals surface area contributed by atoms with Gasteiger partial charge in [0.25, 0.3) is 5.91 Å². The van der Waals surface area contributed by atoms with Crippen LogP contribution in [0.25, 0.3) is 0 Å². The topological polar surface area (TPSA) is 112 Å². The van der Waals surface area contributed by atoms with Crippen LogP contribution in [-0.4, -0.2) is 55.2 Å². The maximum absolute atomic E-state index is 12.2. The first-order chi connectivity index (χ1) is 17.4. The zero-order chi connectivity index (χ0) is 25.9. The first-order valence-corrected chi connectivity index (χ1v) is 11.9. The minimum absolute atomic E-state index is 0.000796. The summed E-state index contributed by atoms with van der Waals surface area (Å²) in [4.78, 5) is 12.2. The second-order valence-electron chi connectivity index (χ2n) is 7.78. The normalized spacial score (nSPS) is 11.9. The fourth-order valence-corrected chi connectivity index (χ4v) is 3.61. The molecule has 0 aliphatic carbocycles. The lowest BCUT2D eigenvalue weighted by Gasteiger charge is -2.17. The van der Waals surface area contributed by atoms with Gasteiger partial charge < -0.3 is 25.0 Å². The third kappa shape index (κ3) is 8.13. The van der Waals surface area contributed by atoms with Crippen molar-refractivity contribution in [1.82, 2.24) is 10.7 Å². The largest absolute Gasteiger partial charge is 0.506 e. The summed E-state index contributed by atoms with van der Waals surface area (Å²) in [6, 6.07) is 16.8. The van der Waals surface area contributed by atoms with Gasteiger partial charge in [-0.3, -0.25) is 4.79 Å². The van der Waals surface area contributed by atoms with Crippen LogP contribution < -0.4 is 20.2 Å². The van der Waals surface area contributed by atoms with Crippen molar-refractivity contribution in [2.75, 3.05) is 26.9 Å². The Labute approximate surface area is 219 Å². The van der Waals surface area contributed by atoms with Crippen LogP contribution >= 0.6 is 23.2 Å². The number of amides is 1. The monoisotopic (exact) mass is 531 g/mol. The molecule has 10 heteroatoms. The third-order valence-electron chi connectivity index (χ3n) is 5.20. The standard InChI is InChI=1S/C26H27Cl2N3O5/c1-35-25-14-22(36-11-10-29-21(16-32)12-17-2-6-20(27)7-3-17)8-4-19(25)15-30-31-26(34)18-5-9-24(33)23(28)13-18/h2-9,13-15,21,29,32-33H,10-12,16H2,1H3,(H,31,34)/b30-15+. The average Bonchev–Trinajstić information content (AvgIpc) is 2.89.